The molecule has 1 saturated carbocycles. The molecule has 0 amide bonds. The fraction of sp³-hybridized carbons (Fsp3) is 1.00. The van der Waals surface area contributed by atoms with Crippen LogP contribution < -0.4 is 0 Å². The van der Waals surface area contributed by atoms with E-state index in [1.165, 1.54) is 12.8 Å². The van der Waals surface area contributed by atoms with Gasteiger partial charge in [0, 0.05) is 45.9 Å². The number of nitrogens with zero attached hydrogens (tertiary/aromatic N) is 1. The Hall–Kier alpha value is -0.160. The first-order valence-electron chi connectivity index (χ1n) is 6.78. The van der Waals surface area contributed by atoms with Crippen molar-refractivity contribution in [2.24, 2.45) is 0 Å². The standard InChI is InChI=1S/C13H27NO3/c1-4-16-13(17-5-2)8-9-14(10-11-15-3)12-6-7-12/h12-13H,4-11H2,1-3H3. The topological polar surface area (TPSA) is 30.9 Å². The van der Waals surface area contributed by atoms with Gasteiger partial charge in [0.25, 0.3) is 0 Å². The quantitative estimate of drug-likeness (QED) is 0.520. The number of rotatable bonds is 11. The molecular formula is C13H27NO3. The molecule has 4 heteroatoms. The van der Waals surface area contributed by atoms with Gasteiger partial charge in [-0.1, -0.05) is 0 Å². The van der Waals surface area contributed by atoms with Crippen LogP contribution in [-0.2, 0) is 14.2 Å². The molecule has 0 radical (unpaired) electrons. The van der Waals surface area contributed by atoms with Crippen LogP contribution in [0, 0.1) is 0 Å². The Morgan fingerprint density at radius 2 is 1.76 bits per heavy atom. The number of ether oxygens (including phenoxy) is 3. The normalized spacial score (nSPS) is 16.1. The smallest absolute Gasteiger partial charge is 0.158 e. The van der Waals surface area contributed by atoms with Gasteiger partial charge in [0.2, 0.25) is 0 Å². The molecule has 1 rings (SSSR count). The van der Waals surface area contributed by atoms with Gasteiger partial charge in [0.1, 0.15) is 0 Å². The molecule has 1 aliphatic carbocycles. The van der Waals surface area contributed by atoms with Crippen LogP contribution in [0.2, 0.25) is 0 Å². The van der Waals surface area contributed by atoms with Crippen molar-refractivity contribution in [3.8, 4) is 0 Å². The van der Waals surface area contributed by atoms with Gasteiger partial charge in [-0.05, 0) is 26.7 Å². The van der Waals surface area contributed by atoms with Crippen molar-refractivity contribution in [3.05, 3.63) is 0 Å². The molecule has 1 aliphatic rings. The number of hydrogen-bond donors (Lipinski definition) is 0. The first-order chi connectivity index (χ1) is 8.31. The Labute approximate surface area is 105 Å². The molecule has 102 valence electrons. The molecule has 1 fully saturated rings. The molecule has 4 nitrogen and oxygen atoms in total. The molecule has 0 spiro atoms. The lowest BCUT2D eigenvalue weighted by molar-refractivity contribution is -0.142. The molecule has 0 saturated heterocycles. The summed E-state index contributed by atoms with van der Waals surface area (Å²) in [6.45, 7) is 8.32. The molecule has 0 heterocycles. The lowest BCUT2D eigenvalue weighted by atomic mass is 10.3. The van der Waals surface area contributed by atoms with E-state index in [0.29, 0.717) is 13.2 Å². The number of methoxy groups -OCH3 is 1. The average molecular weight is 245 g/mol. The molecule has 0 unspecified atom stereocenters. The van der Waals surface area contributed by atoms with Crippen molar-refractivity contribution in [3.63, 3.8) is 0 Å². The van der Waals surface area contributed by atoms with Crippen LogP contribution in [0.15, 0.2) is 0 Å². The second-order valence-corrected chi connectivity index (χ2v) is 4.39. The minimum absolute atomic E-state index is 0.0474. The first kappa shape index (κ1) is 14.9. The van der Waals surface area contributed by atoms with Gasteiger partial charge in [-0.15, -0.1) is 0 Å². The number of hydrogen-bond acceptors (Lipinski definition) is 4. The van der Waals surface area contributed by atoms with Crippen LogP contribution in [0.1, 0.15) is 33.1 Å². The maximum Gasteiger partial charge on any atom is 0.158 e. The van der Waals surface area contributed by atoms with Gasteiger partial charge in [-0.25, -0.2) is 0 Å². The summed E-state index contributed by atoms with van der Waals surface area (Å²) in [6.07, 6.45) is 3.56. The summed E-state index contributed by atoms with van der Waals surface area (Å²) in [4.78, 5) is 2.49. The highest BCUT2D eigenvalue weighted by atomic mass is 16.7. The molecule has 0 atom stereocenters. The molecule has 0 aliphatic heterocycles. The van der Waals surface area contributed by atoms with E-state index in [-0.39, 0.29) is 6.29 Å². The Kier molecular flexibility index (Phi) is 7.77. The predicted molar refractivity (Wildman–Crippen MR) is 68.1 cm³/mol. The summed E-state index contributed by atoms with van der Waals surface area (Å²) in [5, 5.41) is 0. The highest BCUT2D eigenvalue weighted by Crippen LogP contribution is 2.26. The van der Waals surface area contributed by atoms with Crippen molar-refractivity contribution >= 4 is 0 Å². The molecule has 0 aromatic heterocycles. The SMILES string of the molecule is CCOC(CCN(CCOC)C1CC1)OCC. The highest BCUT2D eigenvalue weighted by Gasteiger charge is 2.28. The van der Waals surface area contributed by atoms with E-state index in [2.05, 4.69) is 4.90 Å². The molecular weight excluding hydrogens is 218 g/mol. The van der Waals surface area contributed by atoms with E-state index in [4.69, 9.17) is 14.2 Å². The maximum atomic E-state index is 5.56. The van der Waals surface area contributed by atoms with Crippen molar-refractivity contribution in [1.82, 2.24) is 4.90 Å². The van der Waals surface area contributed by atoms with Crippen LogP contribution in [0.25, 0.3) is 0 Å². The van der Waals surface area contributed by atoms with E-state index in [9.17, 15) is 0 Å². The minimum atomic E-state index is -0.0474. The molecule has 0 bridgehead atoms. The molecule has 0 aromatic carbocycles. The van der Waals surface area contributed by atoms with Crippen molar-refractivity contribution in [1.29, 1.82) is 0 Å². The zero-order valence-electron chi connectivity index (χ0n) is 11.5. The summed E-state index contributed by atoms with van der Waals surface area (Å²) in [5.41, 5.74) is 0. The average Bonchev–Trinajstić information content (AvgIpc) is 3.14. The summed E-state index contributed by atoms with van der Waals surface area (Å²) in [7, 11) is 1.76. The van der Waals surface area contributed by atoms with Crippen LogP contribution in [0.4, 0.5) is 0 Å². The lowest BCUT2D eigenvalue weighted by Crippen LogP contribution is -2.33. The summed E-state index contributed by atoms with van der Waals surface area (Å²) in [6, 6.07) is 0.772. The fourth-order valence-electron chi connectivity index (χ4n) is 1.98. The summed E-state index contributed by atoms with van der Waals surface area (Å²) in [5.74, 6) is 0. The van der Waals surface area contributed by atoms with Gasteiger partial charge in [-0.3, -0.25) is 4.90 Å². The predicted octanol–water partition coefficient (Wildman–Crippen LogP) is 1.89. The summed E-state index contributed by atoms with van der Waals surface area (Å²) >= 11 is 0. The van der Waals surface area contributed by atoms with Gasteiger partial charge >= 0.3 is 0 Å². The van der Waals surface area contributed by atoms with E-state index >= 15 is 0 Å². The van der Waals surface area contributed by atoms with Crippen LogP contribution in [-0.4, -0.2) is 57.3 Å². The largest absolute Gasteiger partial charge is 0.383 e. The van der Waals surface area contributed by atoms with Crippen LogP contribution >= 0.6 is 0 Å². The molecule has 0 aromatic rings. The van der Waals surface area contributed by atoms with Gasteiger partial charge in [-0.2, -0.15) is 0 Å². The molecule has 17 heavy (non-hydrogen) atoms. The van der Waals surface area contributed by atoms with Crippen LogP contribution in [0.5, 0.6) is 0 Å². The first-order valence-corrected chi connectivity index (χ1v) is 6.78. The second-order valence-electron chi connectivity index (χ2n) is 4.39. The third-order valence-electron chi connectivity index (χ3n) is 3.00. The fourth-order valence-corrected chi connectivity index (χ4v) is 1.98. The maximum absolute atomic E-state index is 5.56. The van der Waals surface area contributed by atoms with E-state index < -0.39 is 0 Å². The third-order valence-corrected chi connectivity index (χ3v) is 3.00. The monoisotopic (exact) mass is 245 g/mol. The van der Waals surface area contributed by atoms with E-state index in [1.807, 2.05) is 13.8 Å². The van der Waals surface area contributed by atoms with E-state index in [1.54, 1.807) is 7.11 Å². The Morgan fingerprint density at radius 1 is 1.12 bits per heavy atom. The van der Waals surface area contributed by atoms with Crippen LogP contribution in [0.3, 0.4) is 0 Å². The Balaban J connectivity index is 2.22. The lowest BCUT2D eigenvalue weighted by Gasteiger charge is -2.24. The van der Waals surface area contributed by atoms with E-state index in [0.717, 1.165) is 32.2 Å². The van der Waals surface area contributed by atoms with Gasteiger partial charge in [0.05, 0.1) is 6.61 Å². The highest BCUT2D eigenvalue weighted by molar-refractivity contribution is 4.84. The van der Waals surface area contributed by atoms with Crippen molar-refractivity contribution in [2.75, 3.05) is 40.0 Å². The summed E-state index contributed by atoms with van der Waals surface area (Å²) < 4.78 is 16.3. The van der Waals surface area contributed by atoms with Gasteiger partial charge < -0.3 is 14.2 Å². The van der Waals surface area contributed by atoms with Crippen molar-refractivity contribution < 1.29 is 14.2 Å². The Morgan fingerprint density at radius 3 is 2.24 bits per heavy atom. The van der Waals surface area contributed by atoms with Gasteiger partial charge in [0.15, 0.2) is 6.29 Å². The molecule has 0 N–H and O–H groups in total. The third kappa shape index (κ3) is 6.36. The van der Waals surface area contributed by atoms with Crippen molar-refractivity contribution in [2.45, 2.75) is 45.4 Å². The zero-order valence-corrected chi connectivity index (χ0v) is 11.5. The zero-order chi connectivity index (χ0) is 12.5. The Bertz CT molecular complexity index is 180. The second kappa shape index (κ2) is 8.86. The minimum Gasteiger partial charge on any atom is -0.383 e.